The fourth-order valence-electron chi connectivity index (χ4n) is 2.79. The lowest BCUT2D eigenvalue weighted by Gasteiger charge is -2.22. The molecule has 1 aromatic heterocycles. The van der Waals surface area contributed by atoms with Gasteiger partial charge in [-0.1, -0.05) is 23.7 Å². The molecule has 7 heteroatoms. The second-order valence-electron chi connectivity index (χ2n) is 6.36. The van der Waals surface area contributed by atoms with E-state index in [2.05, 4.69) is 15.3 Å². The van der Waals surface area contributed by atoms with Crippen LogP contribution in [-0.2, 0) is 0 Å². The first-order chi connectivity index (χ1) is 13.4. The third-order valence-corrected chi connectivity index (χ3v) is 4.41. The summed E-state index contributed by atoms with van der Waals surface area (Å²) in [7, 11) is 0. The minimum Gasteiger partial charge on any atom is -0.321 e. The number of nitrogens with zero attached hydrogens (tertiary/aromatic N) is 3. The van der Waals surface area contributed by atoms with E-state index in [1.54, 1.807) is 13.0 Å². The van der Waals surface area contributed by atoms with Gasteiger partial charge in [0.1, 0.15) is 11.5 Å². The Bertz CT molecular complexity index is 1030. The number of benzene rings is 2. The van der Waals surface area contributed by atoms with Crippen molar-refractivity contribution in [2.75, 3.05) is 16.8 Å². The van der Waals surface area contributed by atoms with Gasteiger partial charge in [0, 0.05) is 23.6 Å². The molecule has 0 saturated heterocycles. The topological polar surface area (TPSA) is 58.1 Å². The van der Waals surface area contributed by atoms with Gasteiger partial charge >= 0.3 is 0 Å². The Kier molecular flexibility index (Phi) is 5.90. The molecular weight excluding hydrogens is 379 g/mol. The van der Waals surface area contributed by atoms with Crippen LogP contribution in [0.2, 0.25) is 5.02 Å². The van der Waals surface area contributed by atoms with Gasteiger partial charge in [-0.3, -0.25) is 4.79 Å². The summed E-state index contributed by atoms with van der Waals surface area (Å²) >= 11 is 5.78. The predicted molar refractivity (Wildman–Crippen MR) is 110 cm³/mol. The zero-order valence-electron chi connectivity index (χ0n) is 15.8. The third-order valence-electron chi connectivity index (χ3n) is 4.12. The Morgan fingerprint density at radius 3 is 2.61 bits per heavy atom. The van der Waals surface area contributed by atoms with Crippen molar-refractivity contribution in [3.63, 3.8) is 0 Å². The molecule has 0 unspecified atom stereocenters. The first-order valence-corrected chi connectivity index (χ1v) is 9.21. The SMILES string of the molecule is CCN(c1cccc(C)c1)c1nc(C)cc(C(=O)Nc2ccc(F)c(Cl)c2)n1. The number of aromatic nitrogens is 2. The van der Waals surface area contributed by atoms with Crippen LogP contribution in [0.1, 0.15) is 28.7 Å². The summed E-state index contributed by atoms with van der Waals surface area (Å²) in [6, 6.07) is 13.6. The van der Waals surface area contributed by atoms with Crippen LogP contribution in [0.4, 0.5) is 21.7 Å². The van der Waals surface area contributed by atoms with Crippen molar-refractivity contribution in [2.24, 2.45) is 0 Å². The molecule has 0 atom stereocenters. The molecule has 0 aliphatic rings. The average Bonchev–Trinajstić information content (AvgIpc) is 2.65. The molecular formula is C21H20ClFN4O. The number of rotatable bonds is 5. The molecule has 0 saturated carbocycles. The van der Waals surface area contributed by atoms with Crippen LogP contribution in [0.5, 0.6) is 0 Å². The Hall–Kier alpha value is -2.99. The number of hydrogen-bond acceptors (Lipinski definition) is 4. The van der Waals surface area contributed by atoms with Gasteiger partial charge in [-0.15, -0.1) is 0 Å². The van der Waals surface area contributed by atoms with E-state index >= 15 is 0 Å². The third kappa shape index (κ3) is 4.46. The first-order valence-electron chi connectivity index (χ1n) is 8.83. The Labute approximate surface area is 168 Å². The highest BCUT2D eigenvalue weighted by molar-refractivity contribution is 6.31. The van der Waals surface area contributed by atoms with Crippen molar-refractivity contribution in [3.05, 3.63) is 76.3 Å². The highest BCUT2D eigenvalue weighted by Crippen LogP contribution is 2.24. The van der Waals surface area contributed by atoms with Gasteiger partial charge in [0.2, 0.25) is 5.95 Å². The maximum atomic E-state index is 13.3. The number of carbonyl (C=O) groups excluding carboxylic acids is 1. The molecule has 144 valence electrons. The van der Waals surface area contributed by atoms with Gasteiger partial charge in [-0.2, -0.15) is 0 Å². The highest BCUT2D eigenvalue weighted by Gasteiger charge is 2.16. The van der Waals surface area contributed by atoms with Gasteiger partial charge in [0.05, 0.1) is 5.02 Å². The summed E-state index contributed by atoms with van der Waals surface area (Å²) in [6.07, 6.45) is 0. The Morgan fingerprint density at radius 1 is 1.14 bits per heavy atom. The lowest BCUT2D eigenvalue weighted by molar-refractivity contribution is 0.102. The lowest BCUT2D eigenvalue weighted by atomic mass is 10.2. The number of amides is 1. The van der Waals surface area contributed by atoms with Crippen LogP contribution in [0.3, 0.4) is 0 Å². The second kappa shape index (κ2) is 8.35. The predicted octanol–water partition coefficient (Wildman–Crippen LogP) is 5.30. The quantitative estimate of drug-likeness (QED) is 0.633. The van der Waals surface area contributed by atoms with Crippen molar-refractivity contribution in [1.29, 1.82) is 0 Å². The summed E-state index contributed by atoms with van der Waals surface area (Å²) in [6.45, 7) is 6.46. The van der Waals surface area contributed by atoms with E-state index in [1.807, 2.05) is 43.0 Å². The van der Waals surface area contributed by atoms with Gasteiger partial charge in [-0.25, -0.2) is 14.4 Å². The molecule has 0 aliphatic heterocycles. The molecule has 0 aliphatic carbocycles. The monoisotopic (exact) mass is 398 g/mol. The van der Waals surface area contributed by atoms with E-state index in [-0.39, 0.29) is 10.7 Å². The normalized spacial score (nSPS) is 10.6. The van der Waals surface area contributed by atoms with Gasteiger partial charge in [0.25, 0.3) is 5.91 Å². The number of aryl methyl sites for hydroxylation is 2. The van der Waals surface area contributed by atoms with Crippen molar-refractivity contribution < 1.29 is 9.18 Å². The van der Waals surface area contributed by atoms with E-state index in [0.717, 1.165) is 11.3 Å². The van der Waals surface area contributed by atoms with Crippen LogP contribution < -0.4 is 10.2 Å². The molecule has 3 aromatic rings. The van der Waals surface area contributed by atoms with Crippen molar-refractivity contribution in [1.82, 2.24) is 9.97 Å². The largest absolute Gasteiger partial charge is 0.321 e. The van der Waals surface area contributed by atoms with E-state index in [1.165, 1.54) is 18.2 Å². The van der Waals surface area contributed by atoms with Crippen LogP contribution in [0.25, 0.3) is 0 Å². The smallest absolute Gasteiger partial charge is 0.274 e. The number of hydrogen-bond donors (Lipinski definition) is 1. The molecule has 5 nitrogen and oxygen atoms in total. The van der Waals surface area contributed by atoms with Crippen molar-refractivity contribution >= 4 is 34.8 Å². The maximum Gasteiger partial charge on any atom is 0.274 e. The highest BCUT2D eigenvalue weighted by atomic mass is 35.5. The Balaban J connectivity index is 1.91. The van der Waals surface area contributed by atoms with E-state index < -0.39 is 11.7 Å². The second-order valence-corrected chi connectivity index (χ2v) is 6.77. The molecule has 1 N–H and O–H groups in total. The maximum absolute atomic E-state index is 13.3. The summed E-state index contributed by atoms with van der Waals surface area (Å²) in [5, 5.41) is 2.63. The molecule has 0 bridgehead atoms. The zero-order valence-corrected chi connectivity index (χ0v) is 16.6. The average molecular weight is 399 g/mol. The molecule has 1 amide bonds. The first kappa shape index (κ1) is 19.8. The minimum atomic E-state index is -0.545. The molecule has 3 rings (SSSR count). The standard InChI is InChI=1S/C21H20ClFN4O/c1-4-27(16-7-5-6-13(2)10-16)21-24-14(3)11-19(26-21)20(28)25-15-8-9-18(23)17(22)12-15/h5-12H,4H2,1-3H3,(H,25,28). The van der Waals surface area contributed by atoms with Crippen molar-refractivity contribution in [3.8, 4) is 0 Å². The fraction of sp³-hybridized carbons (Fsp3) is 0.190. The van der Waals surface area contributed by atoms with Crippen molar-refractivity contribution in [2.45, 2.75) is 20.8 Å². The Morgan fingerprint density at radius 2 is 1.93 bits per heavy atom. The summed E-state index contributed by atoms with van der Waals surface area (Å²) in [4.78, 5) is 23.5. The number of nitrogens with one attached hydrogen (secondary N) is 1. The van der Waals surface area contributed by atoms with E-state index in [4.69, 9.17) is 11.6 Å². The van der Waals surface area contributed by atoms with Crippen LogP contribution in [0.15, 0.2) is 48.5 Å². The summed E-state index contributed by atoms with van der Waals surface area (Å²) < 4.78 is 13.3. The molecule has 0 fully saturated rings. The molecule has 28 heavy (non-hydrogen) atoms. The molecule has 0 spiro atoms. The van der Waals surface area contributed by atoms with Gasteiger partial charge < -0.3 is 10.2 Å². The van der Waals surface area contributed by atoms with Crippen LogP contribution >= 0.6 is 11.6 Å². The van der Waals surface area contributed by atoms with Gasteiger partial charge in [-0.05, 0) is 62.7 Å². The van der Waals surface area contributed by atoms with E-state index in [9.17, 15) is 9.18 Å². The summed E-state index contributed by atoms with van der Waals surface area (Å²) in [5.41, 5.74) is 3.34. The molecule has 2 aromatic carbocycles. The zero-order chi connectivity index (χ0) is 20.3. The molecule has 1 heterocycles. The van der Waals surface area contributed by atoms with Gasteiger partial charge in [0.15, 0.2) is 0 Å². The minimum absolute atomic E-state index is 0.0611. The number of carbonyl (C=O) groups is 1. The van der Waals surface area contributed by atoms with E-state index in [0.29, 0.717) is 23.9 Å². The fourth-order valence-corrected chi connectivity index (χ4v) is 2.97. The lowest BCUT2D eigenvalue weighted by Crippen LogP contribution is -2.22. The van der Waals surface area contributed by atoms with Crippen LogP contribution in [-0.4, -0.2) is 22.4 Å². The number of anilines is 3. The summed E-state index contributed by atoms with van der Waals surface area (Å²) in [5.74, 6) is -0.526. The molecule has 0 radical (unpaired) electrons. The number of halogens is 2. The van der Waals surface area contributed by atoms with Crippen LogP contribution in [0, 0.1) is 19.7 Å².